The summed E-state index contributed by atoms with van der Waals surface area (Å²) in [6.07, 6.45) is 2.05. The van der Waals surface area contributed by atoms with Gasteiger partial charge in [-0.3, -0.25) is 16.3 Å². The van der Waals surface area contributed by atoms with E-state index in [0.717, 1.165) is 22.3 Å². The highest BCUT2D eigenvalue weighted by molar-refractivity contribution is 9.10. The van der Waals surface area contributed by atoms with Crippen LogP contribution in [0.25, 0.3) is 0 Å². The second kappa shape index (κ2) is 6.18. The highest BCUT2D eigenvalue weighted by Gasteiger charge is 2.15. The standard InChI is InChI=1S/C13H12BrF2N3/c14-9-2-1-5-18-13(9)12(19-17)7-8-3-4-10(15)11(16)6-8/h1-6,12,19H,7,17H2. The minimum Gasteiger partial charge on any atom is -0.271 e. The average molecular weight is 328 g/mol. The molecule has 0 aliphatic carbocycles. The maximum Gasteiger partial charge on any atom is 0.159 e. The molecule has 0 fully saturated rings. The van der Waals surface area contributed by atoms with E-state index in [9.17, 15) is 8.78 Å². The van der Waals surface area contributed by atoms with Crippen LogP contribution in [0.1, 0.15) is 17.3 Å². The molecule has 6 heteroatoms. The maximum absolute atomic E-state index is 13.2. The van der Waals surface area contributed by atoms with Gasteiger partial charge in [0.05, 0.1) is 11.7 Å². The van der Waals surface area contributed by atoms with Crippen molar-refractivity contribution in [2.24, 2.45) is 5.84 Å². The van der Waals surface area contributed by atoms with Crippen LogP contribution in [0.2, 0.25) is 0 Å². The molecule has 19 heavy (non-hydrogen) atoms. The molecule has 1 heterocycles. The van der Waals surface area contributed by atoms with Gasteiger partial charge in [0.15, 0.2) is 11.6 Å². The van der Waals surface area contributed by atoms with Crippen LogP contribution in [0.3, 0.4) is 0 Å². The van der Waals surface area contributed by atoms with Crippen molar-refractivity contribution in [3.63, 3.8) is 0 Å². The van der Waals surface area contributed by atoms with Gasteiger partial charge in [-0.1, -0.05) is 6.07 Å². The fourth-order valence-corrected chi connectivity index (χ4v) is 2.32. The predicted molar refractivity (Wildman–Crippen MR) is 72.1 cm³/mol. The van der Waals surface area contributed by atoms with Gasteiger partial charge in [-0.2, -0.15) is 0 Å². The van der Waals surface area contributed by atoms with Crippen LogP contribution in [0.4, 0.5) is 8.78 Å². The molecule has 0 bridgehead atoms. The molecule has 1 unspecified atom stereocenters. The molecule has 0 saturated carbocycles. The molecule has 0 radical (unpaired) electrons. The number of aromatic nitrogens is 1. The van der Waals surface area contributed by atoms with E-state index in [2.05, 4.69) is 26.3 Å². The molecule has 1 atom stereocenters. The van der Waals surface area contributed by atoms with Gasteiger partial charge in [-0.15, -0.1) is 0 Å². The Morgan fingerprint density at radius 3 is 2.68 bits per heavy atom. The van der Waals surface area contributed by atoms with E-state index < -0.39 is 11.6 Å². The second-order valence-electron chi connectivity index (χ2n) is 4.04. The van der Waals surface area contributed by atoms with E-state index in [-0.39, 0.29) is 6.04 Å². The summed E-state index contributed by atoms with van der Waals surface area (Å²) in [6, 6.07) is 7.14. The highest BCUT2D eigenvalue weighted by Crippen LogP contribution is 2.23. The van der Waals surface area contributed by atoms with Crippen LogP contribution in [-0.4, -0.2) is 4.98 Å². The number of hydrogen-bond acceptors (Lipinski definition) is 3. The summed E-state index contributed by atoms with van der Waals surface area (Å²) in [5, 5.41) is 0. The van der Waals surface area contributed by atoms with Gasteiger partial charge in [-0.05, 0) is 52.2 Å². The van der Waals surface area contributed by atoms with Gasteiger partial charge >= 0.3 is 0 Å². The topological polar surface area (TPSA) is 50.9 Å². The Labute approximate surface area is 117 Å². The Morgan fingerprint density at radius 1 is 1.26 bits per heavy atom. The van der Waals surface area contributed by atoms with Crippen molar-refractivity contribution in [3.8, 4) is 0 Å². The van der Waals surface area contributed by atoms with Crippen molar-refractivity contribution < 1.29 is 8.78 Å². The zero-order chi connectivity index (χ0) is 13.8. The Morgan fingerprint density at radius 2 is 2.05 bits per heavy atom. The van der Waals surface area contributed by atoms with Gasteiger partial charge in [0.1, 0.15) is 0 Å². The lowest BCUT2D eigenvalue weighted by atomic mass is 10.0. The zero-order valence-electron chi connectivity index (χ0n) is 9.91. The minimum absolute atomic E-state index is 0.291. The third-order valence-electron chi connectivity index (χ3n) is 2.74. The molecule has 0 amide bonds. The van der Waals surface area contributed by atoms with Gasteiger partial charge in [-0.25, -0.2) is 8.78 Å². The third-order valence-corrected chi connectivity index (χ3v) is 3.41. The molecule has 1 aromatic heterocycles. The van der Waals surface area contributed by atoms with Crippen molar-refractivity contribution in [2.75, 3.05) is 0 Å². The lowest BCUT2D eigenvalue weighted by Crippen LogP contribution is -2.30. The number of hydrazine groups is 1. The van der Waals surface area contributed by atoms with Crippen LogP contribution < -0.4 is 11.3 Å². The largest absolute Gasteiger partial charge is 0.271 e. The fraction of sp³-hybridized carbons (Fsp3) is 0.154. The molecule has 3 nitrogen and oxygen atoms in total. The lowest BCUT2D eigenvalue weighted by molar-refractivity contribution is 0.500. The van der Waals surface area contributed by atoms with E-state index in [4.69, 9.17) is 5.84 Å². The number of hydrogen-bond donors (Lipinski definition) is 2. The summed E-state index contributed by atoms with van der Waals surface area (Å²) in [7, 11) is 0. The van der Waals surface area contributed by atoms with Crippen molar-refractivity contribution in [2.45, 2.75) is 12.5 Å². The number of halogens is 3. The van der Waals surface area contributed by atoms with E-state index in [0.29, 0.717) is 12.0 Å². The first kappa shape index (κ1) is 14.0. The molecule has 0 aliphatic rings. The number of rotatable bonds is 4. The quantitative estimate of drug-likeness (QED) is 0.670. The Balaban J connectivity index is 2.24. The summed E-state index contributed by atoms with van der Waals surface area (Å²) in [5.41, 5.74) is 3.99. The molecule has 0 spiro atoms. The van der Waals surface area contributed by atoms with Crippen LogP contribution >= 0.6 is 15.9 Å². The Hall–Kier alpha value is -1.37. The lowest BCUT2D eigenvalue weighted by Gasteiger charge is -2.16. The van der Waals surface area contributed by atoms with Gasteiger partial charge in [0.2, 0.25) is 0 Å². The van der Waals surface area contributed by atoms with Crippen LogP contribution in [0, 0.1) is 11.6 Å². The number of nitrogens with two attached hydrogens (primary N) is 1. The number of pyridine rings is 1. The molecule has 1 aromatic carbocycles. The first-order valence-electron chi connectivity index (χ1n) is 5.62. The van der Waals surface area contributed by atoms with E-state index in [1.807, 2.05) is 6.07 Å². The van der Waals surface area contributed by atoms with Crippen LogP contribution in [-0.2, 0) is 6.42 Å². The van der Waals surface area contributed by atoms with Crippen molar-refractivity contribution >= 4 is 15.9 Å². The normalized spacial score (nSPS) is 12.4. The van der Waals surface area contributed by atoms with Crippen molar-refractivity contribution in [1.82, 2.24) is 10.4 Å². The summed E-state index contributed by atoms with van der Waals surface area (Å²) in [4.78, 5) is 4.23. The molecular weight excluding hydrogens is 316 g/mol. The number of benzene rings is 1. The molecule has 100 valence electrons. The van der Waals surface area contributed by atoms with Crippen molar-refractivity contribution in [3.05, 3.63) is 63.9 Å². The highest BCUT2D eigenvalue weighted by atomic mass is 79.9. The summed E-state index contributed by atoms with van der Waals surface area (Å²) in [5.74, 6) is 3.78. The summed E-state index contributed by atoms with van der Waals surface area (Å²) < 4.78 is 26.8. The van der Waals surface area contributed by atoms with Gasteiger partial charge < -0.3 is 0 Å². The van der Waals surface area contributed by atoms with E-state index in [1.54, 1.807) is 12.3 Å². The first-order chi connectivity index (χ1) is 9.11. The average Bonchev–Trinajstić information content (AvgIpc) is 2.41. The molecular formula is C13H12BrF2N3. The third kappa shape index (κ3) is 3.34. The first-order valence-corrected chi connectivity index (χ1v) is 6.41. The molecule has 3 N–H and O–H groups in total. The second-order valence-corrected chi connectivity index (χ2v) is 4.90. The minimum atomic E-state index is -0.867. The summed E-state index contributed by atoms with van der Waals surface area (Å²) in [6.45, 7) is 0. The van der Waals surface area contributed by atoms with E-state index >= 15 is 0 Å². The molecule has 2 aromatic rings. The molecule has 2 rings (SSSR count). The molecule has 0 aliphatic heterocycles. The van der Waals surface area contributed by atoms with Crippen LogP contribution in [0.15, 0.2) is 41.0 Å². The zero-order valence-corrected chi connectivity index (χ0v) is 11.5. The van der Waals surface area contributed by atoms with Crippen molar-refractivity contribution in [1.29, 1.82) is 0 Å². The fourth-order valence-electron chi connectivity index (χ4n) is 1.79. The smallest absolute Gasteiger partial charge is 0.159 e. The Bertz CT molecular complexity index is 578. The Kier molecular flexibility index (Phi) is 4.57. The van der Waals surface area contributed by atoms with Gasteiger partial charge in [0.25, 0.3) is 0 Å². The monoisotopic (exact) mass is 327 g/mol. The molecule has 0 saturated heterocycles. The van der Waals surface area contributed by atoms with E-state index in [1.165, 1.54) is 6.07 Å². The van der Waals surface area contributed by atoms with Gasteiger partial charge in [0, 0.05) is 10.7 Å². The number of nitrogens with zero attached hydrogens (tertiary/aromatic N) is 1. The predicted octanol–water partition coefficient (Wildman–Crippen LogP) is 2.87. The number of nitrogens with one attached hydrogen (secondary N) is 1. The summed E-state index contributed by atoms with van der Waals surface area (Å²) >= 11 is 3.39. The SMILES string of the molecule is NNC(Cc1ccc(F)c(F)c1)c1ncccc1Br. The van der Waals surface area contributed by atoms with Crippen LogP contribution in [0.5, 0.6) is 0 Å². The maximum atomic E-state index is 13.2.